The number of nitrogen functional groups attached to an aromatic ring is 1. The molecule has 1 aliphatic carbocycles. The van der Waals surface area contributed by atoms with Gasteiger partial charge in [-0.3, -0.25) is 4.57 Å². The van der Waals surface area contributed by atoms with Crippen molar-refractivity contribution >= 4 is 23.1 Å². The topological polar surface area (TPSA) is 132 Å². The van der Waals surface area contributed by atoms with E-state index in [0.29, 0.717) is 60.4 Å². The van der Waals surface area contributed by atoms with Crippen molar-refractivity contribution in [2.45, 2.75) is 45.0 Å². The van der Waals surface area contributed by atoms with Crippen LogP contribution in [0, 0.1) is 0 Å². The lowest BCUT2D eigenvalue weighted by atomic mass is 10.1. The predicted molar refractivity (Wildman–Crippen MR) is 167 cm³/mol. The Kier molecular flexibility index (Phi) is 7.21. The fourth-order valence-electron chi connectivity index (χ4n) is 5.94. The first-order chi connectivity index (χ1) is 21.6. The van der Waals surface area contributed by atoms with Crippen molar-refractivity contribution in [2.24, 2.45) is 0 Å². The third-order valence-corrected chi connectivity index (χ3v) is 8.06. The van der Waals surface area contributed by atoms with Gasteiger partial charge in [-0.15, -0.1) is 0 Å². The van der Waals surface area contributed by atoms with E-state index in [9.17, 15) is 4.79 Å². The maximum Gasteiger partial charge on any atom is 0.410 e. The van der Waals surface area contributed by atoms with Crippen LogP contribution in [0.1, 0.15) is 37.9 Å². The van der Waals surface area contributed by atoms with Gasteiger partial charge in [-0.1, -0.05) is 6.07 Å². The fourth-order valence-corrected chi connectivity index (χ4v) is 5.94. The molecule has 2 unspecified atom stereocenters. The molecule has 2 atom stereocenters. The number of amides is 1. The molecule has 3 N–H and O–H groups in total. The number of imidazole rings is 1. The number of nitrogens with one attached hydrogen (secondary N) is 1. The number of ether oxygens (including phenoxy) is 1. The third kappa shape index (κ3) is 5.60. The van der Waals surface area contributed by atoms with E-state index in [-0.39, 0.29) is 12.5 Å². The van der Waals surface area contributed by atoms with E-state index < -0.39 is 17.8 Å². The summed E-state index contributed by atoms with van der Waals surface area (Å²) < 4.78 is 24.8. The molecule has 0 saturated carbocycles. The third-order valence-electron chi connectivity index (χ3n) is 8.06. The summed E-state index contributed by atoms with van der Waals surface area (Å²) in [6.07, 6.45) is 4.00. The molecule has 2 aliphatic rings. The van der Waals surface area contributed by atoms with E-state index in [4.69, 9.17) is 20.4 Å². The number of benzene rings is 1. The number of anilines is 1. The van der Waals surface area contributed by atoms with Gasteiger partial charge >= 0.3 is 6.09 Å². The van der Waals surface area contributed by atoms with Crippen LogP contribution < -0.4 is 11.2 Å². The van der Waals surface area contributed by atoms with Crippen LogP contribution in [0.15, 0.2) is 67.1 Å². The van der Waals surface area contributed by atoms with Gasteiger partial charge in [0.1, 0.15) is 23.1 Å². The summed E-state index contributed by atoms with van der Waals surface area (Å²) in [6, 6.07) is 14.7. The number of carbonyl (C=O) groups is 1. The van der Waals surface area contributed by atoms with Crippen molar-refractivity contribution in [3.63, 3.8) is 0 Å². The Morgan fingerprint density at radius 3 is 2.60 bits per heavy atom. The number of piperazine rings is 1. The predicted octanol–water partition coefficient (Wildman–Crippen LogP) is 4.24. The Morgan fingerprint density at radius 2 is 1.87 bits per heavy atom. The van der Waals surface area contributed by atoms with Crippen LogP contribution >= 0.6 is 0 Å². The molecule has 0 radical (unpaired) electrons. The van der Waals surface area contributed by atoms with E-state index >= 15 is 4.39 Å². The number of carbonyl (C=O) groups excluding carboxylic acids is 1. The number of hydrogen-bond donors (Lipinski definition) is 2. The molecule has 1 aliphatic heterocycles. The number of fused-ring (bicyclic) bond motifs is 2. The van der Waals surface area contributed by atoms with Crippen LogP contribution in [0.3, 0.4) is 0 Å². The molecule has 5 heterocycles. The second-order valence-electron chi connectivity index (χ2n) is 12.3. The summed E-state index contributed by atoms with van der Waals surface area (Å²) in [4.78, 5) is 28.3. The minimum Gasteiger partial charge on any atom is -0.444 e. The number of alkyl halides is 1. The highest BCUT2D eigenvalue weighted by Crippen LogP contribution is 2.37. The summed E-state index contributed by atoms with van der Waals surface area (Å²) in [7, 11) is 0. The highest BCUT2D eigenvalue weighted by Gasteiger charge is 2.35. The minimum atomic E-state index is -1.11. The van der Waals surface area contributed by atoms with Crippen LogP contribution in [-0.4, -0.2) is 83.3 Å². The average Bonchev–Trinajstić information content (AvgIpc) is 3.74. The van der Waals surface area contributed by atoms with Crippen LogP contribution in [-0.2, 0) is 11.2 Å². The van der Waals surface area contributed by atoms with E-state index in [1.54, 1.807) is 22.0 Å². The van der Waals surface area contributed by atoms with E-state index in [0.717, 1.165) is 16.8 Å². The summed E-state index contributed by atoms with van der Waals surface area (Å²) in [5, 5.41) is 6.32. The van der Waals surface area contributed by atoms with Gasteiger partial charge in [0.05, 0.1) is 11.6 Å². The molecule has 1 amide bonds. The van der Waals surface area contributed by atoms with Crippen LogP contribution in [0.5, 0.6) is 0 Å². The Balaban J connectivity index is 1.19. The Bertz CT molecular complexity index is 1860. The molecule has 45 heavy (non-hydrogen) atoms. The molecule has 1 saturated heterocycles. The van der Waals surface area contributed by atoms with E-state index in [1.165, 1.54) is 0 Å². The number of aromatic nitrogens is 6. The molecule has 7 rings (SSSR count). The monoisotopic (exact) mass is 610 g/mol. The molecular weight excluding hydrogens is 575 g/mol. The normalized spacial score (nSPS) is 18.8. The first-order valence-corrected chi connectivity index (χ1v) is 15.0. The summed E-state index contributed by atoms with van der Waals surface area (Å²) in [6.45, 7) is 7.69. The fraction of sp³-hybridized carbons (Fsp3) is 0.344. The van der Waals surface area contributed by atoms with Crippen molar-refractivity contribution in [3.8, 4) is 22.9 Å². The zero-order valence-corrected chi connectivity index (χ0v) is 25.4. The summed E-state index contributed by atoms with van der Waals surface area (Å²) in [5.74, 6) is 1.58. The SMILES string of the molecule is CC(C)(C)OC(=O)N1CCN(NC2c3ccc(-n4c(-c5cccnc5N)nc5ccc(-n6cccn6)nc54)cc3CC2F)CC1. The van der Waals surface area contributed by atoms with Gasteiger partial charge in [0.15, 0.2) is 17.3 Å². The lowest BCUT2D eigenvalue weighted by Crippen LogP contribution is -2.55. The number of pyridine rings is 2. The van der Waals surface area contributed by atoms with Crippen LogP contribution in [0.25, 0.3) is 34.1 Å². The molecule has 4 aromatic heterocycles. The maximum atomic E-state index is 15.6. The van der Waals surface area contributed by atoms with Gasteiger partial charge in [0.25, 0.3) is 0 Å². The van der Waals surface area contributed by atoms with Gasteiger partial charge in [-0.25, -0.2) is 39.3 Å². The smallest absolute Gasteiger partial charge is 0.410 e. The quantitative estimate of drug-likeness (QED) is 0.300. The number of halogens is 1. The highest BCUT2D eigenvalue weighted by molar-refractivity contribution is 5.83. The standard InChI is InChI=1S/C32H35FN10O2/c1-32(2,3)45-31(44)40-14-16-41(17-15-40)39-27-22-8-7-21(18-20(22)19-24(27)33)43-29(23-6-4-11-35-28(23)34)37-25-9-10-26(38-30(25)43)42-13-5-12-36-42/h4-13,18,24,27,39H,14-17,19H2,1-3H3,(H2,34,35). The zero-order chi connectivity index (χ0) is 31.3. The first-order valence-electron chi connectivity index (χ1n) is 15.0. The Labute approximate surface area is 259 Å². The average molecular weight is 611 g/mol. The number of hydrogen-bond acceptors (Lipinski definition) is 9. The number of hydrazine groups is 1. The Morgan fingerprint density at radius 1 is 1.04 bits per heavy atom. The van der Waals surface area contributed by atoms with Crippen molar-refractivity contribution in [1.29, 1.82) is 0 Å². The maximum absolute atomic E-state index is 15.6. The summed E-state index contributed by atoms with van der Waals surface area (Å²) in [5.41, 5.74) is 13.7. The Hall–Kier alpha value is -4.88. The van der Waals surface area contributed by atoms with Gasteiger partial charge in [0.2, 0.25) is 0 Å². The second-order valence-corrected chi connectivity index (χ2v) is 12.3. The molecule has 1 fully saturated rings. The number of nitrogens with two attached hydrogens (primary N) is 1. The zero-order valence-electron chi connectivity index (χ0n) is 25.4. The van der Waals surface area contributed by atoms with Crippen molar-refractivity contribution < 1.29 is 13.9 Å². The molecule has 0 spiro atoms. The van der Waals surface area contributed by atoms with E-state index in [1.807, 2.05) is 85.1 Å². The first kappa shape index (κ1) is 28.9. The van der Waals surface area contributed by atoms with Gasteiger partial charge in [-0.05, 0) is 74.4 Å². The highest BCUT2D eigenvalue weighted by atomic mass is 19.1. The van der Waals surface area contributed by atoms with Crippen LogP contribution in [0.4, 0.5) is 15.0 Å². The number of nitrogens with zero attached hydrogens (tertiary/aromatic N) is 8. The molecule has 12 nitrogen and oxygen atoms in total. The molecule has 0 bridgehead atoms. The van der Waals surface area contributed by atoms with E-state index in [2.05, 4.69) is 15.5 Å². The lowest BCUT2D eigenvalue weighted by Gasteiger charge is -2.37. The van der Waals surface area contributed by atoms with Crippen molar-refractivity contribution in [3.05, 3.63) is 78.2 Å². The number of rotatable bonds is 5. The van der Waals surface area contributed by atoms with Crippen molar-refractivity contribution in [1.82, 2.24) is 44.6 Å². The summed E-state index contributed by atoms with van der Waals surface area (Å²) >= 11 is 0. The lowest BCUT2D eigenvalue weighted by molar-refractivity contribution is 0.00453. The molecule has 232 valence electrons. The molecule has 1 aromatic carbocycles. The van der Waals surface area contributed by atoms with Gasteiger partial charge < -0.3 is 15.4 Å². The molecule has 5 aromatic rings. The largest absolute Gasteiger partial charge is 0.444 e. The van der Waals surface area contributed by atoms with Crippen LogP contribution in [0.2, 0.25) is 0 Å². The molecular formula is C32H35FN10O2. The van der Waals surface area contributed by atoms with Crippen molar-refractivity contribution in [2.75, 3.05) is 31.9 Å². The van der Waals surface area contributed by atoms with Gasteiger partial charge in [-0.2, -0.15) is 5.10 Å². The van der Waals surface area contributed by atoms with Gasteiger partial charge in [0, 0.05) is 56.9 Å². The molecule has 13 heteroatoms. The minimum absolute atomic E-state index is 0.266. The second kappa shape index (κ2) is 11.2.